The number of hydrogen-bond acceptors (Lipinski definition) is 4. The molecule has 2 saturated heterocycles. The monoisotopic (exact) mass is 438 g/mol. The Bertz CT molecular complexity index is 496. The van der Waals surface area contributed by atoms with Gasteiger partial charge in [-0.3, -0.25) is 14.5 Å². The first-order valence-electron chi connectivity index (χ1n) is 12.8. The molecule has 0 atom stereocenters. The van der Waals surface area contributed by atoms with Crippen molar-refractivity contribution in [3.05, 3.63) is 0 Å². The van der Waals surface area contributed by atoms with Crippen molar-refractivity contribution in [2.75, 3.05) is 66.5 Å². The lowest BCUT2D eigenvalue weighted by Gasteiger charge is -2.38. The molecule has 0 aromatic heterocycles. The van der Waals surface area contributed by atoms with Crippen molar-refractivity contribution in [2.24, 2.45) is 11.8 Å². The third kappa shape index (κ3) is 10.8. The van der Waals surface area contributed by atoms with Gasteiger partial charge < -0.3 is 14.7 Å². The Morgan fingerprint density at radius 2 is 1.48 bits per heavy atom. The topological polar surface area (TPSA) is 47.1 Å². The van der Waals surface area contributed by atoms with Gasteiger partial charge in [0.05, 0.1) is 0 Å². The van der Waals surface area contributed by atoms with Crippen molar-refractivity contribution in [3.63, 3.8) is 0 Å². The largest absolute Gasteiger partial charge is 0.346 e. The van der Waals surface area contributed by atoms with Crippen molar-refractivity contribution in [3.8, 4) is 0 Å². The van der Waals surface area contributed by atoms with Gasteiger partial charge in [-0.1, -0.05) is 40.5 Å². The molecule has 0 aromatic carbocycles. The van der Waals surface area contributed by atoms with E-state index in [1.165, 1.54) is 32.5 Å². The minimum Gasteiger partial charge on any atom is -0.346 e. The van der Waals surface area contributed by atoms with E-state index in [0.29, 0.717) is 12.3 Å². The standard InChI is InChI=1S/C23H44N4O2.C2H6/c1-20(2)23(29)25(4)12-8-6-5-7-9-22(28)27-17-15-26(16-18-27)19-21-10-13-24(3)14-11-21;1-2/h20-21H,5-19H2,1-4H3;1-2H3. The number of piperazine rings is 1. The molecule has 6 heteroatoms. The third-order valence-corrected chi connectivity index (χ3v) is 6.58. The van der Waals surface area contributed by atoms with Crippen LogP contribution >= 0.6 is 0 Å². The number of rotatable bonds is 10. The van der Waals surface area contributed by atoms with Gasteiger partial charge in [-0.05, 0) is 51.7 Å². The van der Waals surface area contributed by atoms with Crippen molar-refractivity contribution < 1.29 is 9.59 Å². The maximum absolute atomic E-state index is 12.5. The molecule has 0 N–H and O–H groups in total. The average molecular weight is 439 g/mol. The van der Waals surface area contributed by atoms with Crippen LogP contribution in [0.25, 0.3) is 0 Å². The van der Waals surface area contributed by atoms with Gasteiger partial charge in [0.25, 0.3) is 0 Å². The molecule has 0 aliphatic carbocycles. The van der Waals surface area contributed by atoms with E-state index in [-0.39, 0.29) is 11.8 Å². The number of nitrogens with zero attached hydrogens (tertiary/aromatic N) is 4. The summed E-state index contributed by atoms with van der Waals surface area (Å²) < 4.78 is 0. The number of likely N-dealkylation sites (tertiary alicyclic amines) is 1. The Morgan fingerprint density at radius 3 is 2.06 bits per heavy atom. The SMILES string of the molecule is CC.CC(C)C(=O)N(C)CCCCCCC(=O)N1CCN(CC2CCN(C)CC2)CC1. The highest BCUT2D eigenvalue weighted by Gasteiger charge is 2.24. The summed E-state index contributed by atoms with van der Waals surface area (Å²) in [5.74, 6) is 1.46. The molecule has 0 saturated carbocycles. The van der Waals surface area contributed by atoms with Crippen molar-refractivity contribution >= 4 is 11.8 Å². The van der Waals surface area contributed by atoms with Crippen molar-refractivity contribution in [1.82, 2.24) is 19.6 Å². The van der Waals surface area contributed by atoms with Crippen LogP contribution in [0.3, 0.4) is 0 Å². The van der Waals surface area contributed by atoms with Gasteiger partial charge in [-0.25, -0.2) is 0 Å². The van der Waals surface area contributed by atoms with Gasteiger partial charge in [0, 0.05) is 58.7 Å². The van der Waals surface area contributed by atoms with Crippen LogP contribution in [-0.2, 0) is 9.59 Å². The lowest BCUT2D eigenvalue weighted by atomic mass is 9.96. The first-order chi connectivity index (χ1) is 14.9. The second-order valence-electron chi connectivity index (χ2n) is 9.51. The molecule has 31 heavy (non-hydrogen) atoms. The summed E-state index contributed by atoms with van der Waals surface area (Å²) in [4.78, 5) is 33.2. The van der Waals surface area contributed by atoms with Crippen LogP contribution in [0.5, 0.6) is 0 Å². The van der Waals surface area contributed by atoms with E-state index in [1.807, 2.05) is 39.6 Å². The average Bonchev–Trinajstić information content (AvgIpc) is 2.78. The maximum Gasteiger partial charge on any atom is 0.224 e. The van der Waals surface area contributed by atoms with Crippen LogP contribution in [-0.4, -0.2) is 97.9 Å². The molecule has 2 amide bonds. The predicted molar refractivity (Wildman–Crippen MR) is 130 cm³/mol. The summed E-state index contributed by atoms with van der Waals surface area (Å²) in [6.45, 7) is 16.2. The molecule has 0 bridgehead atoms. The fourth-order valence-electron chi connectivity index (χ4n) is 4.48. The van der Waals surface area contributed by atoms with E-state index in [1.54, 1.807) is 0 Å². The van der Waals surface area contributed by atoms with Crippen LogP contribution < -0.4 is 0 Å². The zero-order chi connectivity index (χ0) is 23.2. The summed E-state index contributed by atoms with van der Waals surface area (Å²) in [5.41, 5.74) is 0. The highest BCUT2D eigenvalue weighted by molar-refractivity contribution is 5.77. The highest BCUT2D eigenvalue weighted by atomic mass is 16.2. The van der Waals surface area contributed by atoms with Gasteiger partial charge in [-0.2, -0.15) is 0 Å². The van der Waals surface area contributed by atoms with E-state index < -0.39 is 0 Å². The van der Waals surface area contributed by atoms with E-state index in [9.17, 15) is 9.59 Å². The number of amides is 2. The molecular weight excluding hydrogens is 388 g/mol. The molecule has 0 aromatic rings. The Kier molecular flexibility index (Phi) is 14.1. The number of piperidine rings is 1. The van der Waals surface area contributed by atoms with E-state index in [2.05, 4.69) is 21.7 Å². The van der Waals surface area contributed by atoms with Crippen molar-refractivity contribution in [1.29, 1.82) is 0 Å². The molecule has 2 aliphatic rings. The zero-order valence-corrected chi connectivity index (χ0v) is 21.4. The Labute approximate surface area is 192 Å². The zero-order valence-electron chi connectivity index (χ0n) is 21.4. The van der Waals surface area contributed by atoms with Crippen LogP contribution in [0.2, 0.25) is 0 Å². The molecule has 2 aliphatic heterocycles. The lowest BCUT2D eigenvalue weighted by Crippen LogP contribution is -2.50. The van der Waals surface area contributed by atoms with Gasteiger partial charge in [-0.15, -0.1) is 0 Å². The minimum atomic E-state index is 0.0717. The quantitative estimate of drug-likeness (QED) is 0.489. The molecule has 0 spiro atoms. The number of unbranched alkanes of at least 4 members (excludes halogenated alkanes) is 3. The van der Waals surface area contributed by atoms with Gasteiger partial charge in [0.15, 0.2) is 0 Å². The summed E-state index contributed by atoms with van der Waals surface area (Å²) in [7, 11) is 4.10. The van der Waals surface area contributed by atoms with Crippen LogP contribution in [0.4, 0.5) is 0 Å². The normalized spacial score (nSPS) is 18.6. The second kappa shape index (κ2) is 15.6. The predicted octanol–water partition coefficient (Wildman–Crippen LogP) is 3.56. The van der Waals surface area contributed by atoms with Crippen molar-refractivity contribution in [2.45, 2.75) is 72.6 Å². The lowest BCUT2D eigenvalue weighted by molar-refractivity contribution is -0.133. The summed E-state index contributed by atoms with van der Waals surface area (Å²) in [6, 6.07) is 0. The van der Waals surface area contributed by atoms with Gasteiger partial charge in [0.2, 0.25) is 11.8 Å². The van der Waals surface area contributed by atoms with Crippen LogP contribution in [0, 0.1) is 11.8 Å². The second-order valence-corrected chi connectivity index (χ2v) is 9.51. The van der Waals surface area contributed by atoms with E-state index in [4.69, 9.17) is 0 Å². The molecule has 0 unspecified atom stereocenters. The molecule has 2 heterocycles. The molecule has 2 fully saturated rings. The van der Waals surface area contributed by atoms with Gasteiger partial charge in [0.1, 0.15) is 0 Å². The van der Waals surface area contributed by atoms with Crippen LogP contribution in [0.15, 0.2) is 0 Å². The molecule has 0 radical (unpaired) electrons. The molecule has 6 nitrogen and oxygen atoms in total. The molecule has 2 rings (SSSR count). The van der Waals surface area contributed by atoms with Crippen LogP contribution in [0.1, 0.15) is 72.6 Å². The molecule has 182 valence electrons. The summed E-state index contributed by atoms with van der Waals surface area (Å²) >= 11 is 0. The number of carbonyl (C=O) groups is 2. The number of hydrogen-bond donors (Lipinski definition) is 0. The first-order valence-corrected chi connectivity index (χ1v) is 12.8. The van der Waals surface area contributed by atoms with E-state index in [0.717, 1.165) is 64.3 Å². The summed E-state index contributed by atoms with van der Waals surface area (Å²) in [6.07, 6.45) is 7.47. The fraction of sp³-hybridized carbons (Fsp3) is 0.920. The third-order valence-electron chi connectivity index (χ3n) is 6.58. The Hall–Kier alpha value is -1.14. The highest BCUT2D eigenvalue weighted by Crippen LogP contribution is 2.18. The smallest absolute Gasteiger partial charge is 0.224 e. The molecular formula is C25H50N4O2. The fourth-order valence-corrected chi connectivity index (χ4v) is 4.48. The first kappa shape index (κ1) is 27.9. The van der Waals surface area contributed by atoms with E-state index >= 15 is 0 Å². The Balaban J connectivity index is 0.00000233. The minimum absolute atomic E-state index is 0.0717. The Morgan fingerprint density at radius 1 is 0.903 bits per heavy atom. The number of carbonyl (C=O) groups excluding carboxylic acids is 2. The maximum atomic E-state index is 12.5. The summed E-state index contributed by atoms with van der Waals surface area (Å²) in [5, 5.41) is 0. The van der Waals surface area contributed by atoms with Gasteiger partial charge >= 0.3 is 0 Å².